The van der Waals surface area contributed by atoms with E-state index in [4.69, 9.17) is 18.9 Å². The SMILES string of the molecule is CO[C@H]1C=CO[C@@]2(C)Oc3c(C)c(O)c4c(c3C2=O)C(=O)C=C(NC(=O)/C(C)=C\C=C/[C@H](C)[C@H](O)[C@H](C)[C@@H](O)[C@@H](C)[C@H](OC(C)=O)[C@@H]1C)C4=O. The van der Waals surface area contributed by atoms with Crippen molar-refractivity contribution in [2.45, 2.75) is 85.6 Å². The predicted octanol–water partition coefficient (Wildman–Crippen LogP) is 3.63. The number of methoxy groups -OCH3 is 1. The molecule has 270 valence electrons. The highest BCUT2D eigenvalue weighted by molar-refractivity contribution is 6.30. The third kappa shape index (κ3) is 7.03. The minimum Gasteiger partial charge on any atom is -0.507 e. The van der Waals surface area contributed by atoms with Gasteiger partial charge in [0.25, 0.3) is 11.7 Å². The molecule has 1 aromatic rings. The number of fused-ring (bicyclic) bond motifs is 14. The first-order chi connectivity index (χ1) is 23.4. The number of aliphatic hydroxyl groups excluding tert-OH is 2. The van der Waals surface area contributed by atoms with E-state index in [0.29, 0.717) is 0 Å². The maximum absolute atomic E-state index is 13.9. The fraction of sp³-hybridized carbons (Fsp3) is 0.486. The number of carbonyl (C=O) groups is 5. The number of allylic oxidation sites excluding steroid dienone is 4. The fourth-order valence-electron chi connectivity index (χ4n) is 6.62. The molecule has 13 heteroatoms. The molecule has 13 nitrogen and oxygen atoms in total. The summed E-state index contributed by atoms with van der Waals surface area (Å²) in [7, 11) is 1.42. The molecule has 3 heterocycles. The molecule has 1 aliphatic carbocycles. The van der Waals surface area contributed by atoms with Crippen LogP contribution in [0.15, 0.2) is 47.9 Å². The van der Waals surface area contributed by atoms with Crippen molar-refractivity contribution in [3.8, 4) is 11.5 Å². The van der Waals surface area contributed by atoms with Crippen LogP contribution in [0.5, 0.6) is 11.5 Å². The number of ether oxygens (including phenoxy) is 4. The average molecular weight is 696 g/mol. The molecule has 5 rings (SSSR count). The number of hydrogen-bond donors (Lipinski definition) is 4. The van der Waals surface area contributed by atoms with Crippen LogP contribution in [0.3, 0.4) is 0 Å². The number of rotatable bonds is 2. The first-order valence-corrected chi connectivity index (χ1v) is 16.4. The van der Waals surface area contributed by atoms with Crippen molar-refractivity contribution < 1.29 is 58.2 Å². The van der Waals surface area contributed by atoms with Gasteiger partial charge in [0.1, 0.15) is 17.6 Å². The average Bonchev–Trinajstić information content (AvgIpc) is 3.33. The van der Waals surface area contributed by atoms with Crippen molar-refractivity contribution in [2.24, 2.45) is 23.7 Å². The zero-order chi connectivity index (χ0) is 37.4. The zero-order valence-electron chi connectivity index (χ0n) is 29.6. The molecule has 0 saturated carbocycles. The van der Waals surface area contributed by atoms with Crippen LogP contribution in [0.2, 0.25) is 0 Å². The summed E-state index contributed by atoms with van der Waals surface area (Å²) in [6, 6.07) is 0. The fourth-order valence-corrected chi connectivity index (χ4v) is 6.62. The smallest absolute Gasteiger partial charge is 0.312 e. The van der Waals surface area contributed by atoms with Crippen LogP contribution < -0.4 is 10.1 Å². The zero-order valence-corrected chi connectivity index (χ0v) is 29.6. The lowest BCUT2D eigenvalue weighted by Crippen LogP contribution is -2.46. The van der Waals surface area contributed by atoms with Gasteiger partial charge in [-0.05, 0) is 19.9 Å². The lowest BCUT2D eigenvalue weighted by molar-refractivity contribution is -0.160. The van der Waals surface area contributed by atoms with Crippen molar-refractivity contribution in [3.63, 3.8) is 0 Å². The Morgan fingerprint density at radius 2 is 1.60 bits per heavy atom. The maximum atomic E-state index is 13.9. The number of phenolic OH excluding ortho intramolecular Hbond substituents is 1. The van der Waals surface area contributed by atoms with Crippen LogP contribution in [-0.4, -0.2) is 81.9 Å². The Labute approximate surface area is 290 Å². The van der Waals surface area contributed by atoms with Gasteiger partial charge in [-0.3, -0.25) is 24.0 Å². The minimum atomic E-state index is -2.03. The van der Waals surface area contributed by atoms with Gasteiger partial charge in [-0.25, -0.2) is 0 Å². The quantitative estimate of drug-likeness (QED) is 0.329. The van der Waals surface area contributed by atoms with E-state index < -0.39 is 100 Å². The summed E-state index contributed by atoms with van der Waals surface area (Å²) in [6.45, 7) is 12.3. The van der Waals surface area contributed by atoms with E-state index in [-0.39, 0.29) is 28.0 Å². The summed E-state index contributed by atoms with van der Waals surface area (Å²) in [5, 5.41) is 36.1. The van der Waals surface area contributed by atoms with E-state index in [2.05, 4.69) is 5.32 Å². The second kappa shape index (κ2) is 14.7. The van der Waals surface area contributed by atoms with Gasteiger partial charge >= 0.3 is 11.8 Å². The van der Waals surface area contributed by atoms with Gasteiger partial charge < -0.3 is 39.6 Å². The molecule has 1 aromatic carbocycles. The Morgan fingerprint density at radius 1 is 0.940 bits per heavy atom. The van der Waals surface area contributed by atoms with E-state index >= 15 is 0 Å². The monoisotopic (exact) mass is 695 g/mol. The first-order valence-electron chi connectivity index (χ1n) is 16.4. The number of carbonyl (C=O) groups excluding carboxylic acids is 5. The molecule has 5 bridgehead atoms. The predicted molar refractivity (Wildman–Crippen MR) is 179 cm³/mol. The Hall–Kier alpha value is -4.59. The highest BCUT2D eigenvalue weighted by Crippen LogP contribution is 2.47. The van der Waals surface area contributed by atoms with Crippen molar-refractivity contribution in [1.82, 2.24) is 5.32 Å². The van der Waals surface area contributed by atoms with E-state index in [1.807, 2.05) is 0 Å². The maximum Gasteiger partial charge on any atom is 0.312 e. The number of ketones is 3. The molecule has 0 spiro atoms. The first kappa shape index (κ1) is 38.2. The van der Waals surface area contributed by atoms with Gasteiger partial charge in [0, 0.05) is 61.8 Å². The molecule has 4 aliphatic rings. The Morgan fingerprint density at radius 3 is 2.22 bits per heavy atom. The lowest BCUT2D eigenvalue weighted by atomic mass is 9.78. The Kier molecular flexibility index (Phi) is 11.2. The van der Waals surface area contributed by atoms with Crippen LogP contribution in [0.4, 0.5) is 0 Å². The minimum absolute atomic E-state index is 0.00885. The van der Waals surface area contributed by atoms with Crippen LogP contribution in [-0.2, 0) is 23.8 Å². The molecule has 0 aromatic heterocycles. The third-order valence-corrected chi connectivity index (χ3v) is 9.80. The van der Waals surface area contributed by atoms with Gasteiger partial charge in [0.2, 0.25) is 5.78 Å². The molecular formula is C37H45NO12. The van der Waals surface area contributed by atoms with Crippen molar-refractivity contribution in [3.05, 3.63) is 70.2 Å². The number of aromatic hydroxyl groups is 1. The van der Waals surface area contributed by atoms with Crippen LogP contribution in [0.25, 0.3) is 0 Å². The molecule has 9 atom stereocenters. The largest absolute Gasteiger partial charge is 0.507 e. The number of hydrogen-bond acceptors (Lipinski definition) is 12. The number of nitrogens with one attached hydrogen (secondary N) is 1. The van der Waals surface area contributed by atoms with E-state index in [0.717, 1.165) is 12.3 Å². The van der Waals surface area contributed by atoms with Gasteiger partial charge in [-0.1, -0.05) is 45.9 Å². The van der Waals surface area contributed by atoms with Crippen LogP contribution in [0, 0.1) is 30.6 Å². The lowest BCUT2D eigenvalue weighted by Gasteiger charge is -2.38. The number of amides is 1. The molecule has 0 unspecified atom stereocenters. The topological polar surface area (TPSA) is 195 Å². The molecule has 4 N–H and O–H groups in total. The second-order valence-corrected chi connectivity index (χ2v) is 13.4. The van der Waals surface area contributed by atoms with Crippen molar-refractivity contribution >= 4 is 29.2 Å². The van der Waals surface area contributed by atoms with Gasteiger partial charge in [0.15, 0.2) is 5.78 Å². The number of aliphatic hydroxyl groups is 2. The van der Waals surface area contributed by atoms with Crippen LogP contribution >= 0.6 is 0 Å². The molecular weight excluding hydrogens is 650 g/mol. The summed E-state index contributed by atoms with van der Waals surface area (Å²) >= 11 is 0. The second-order valence-electron chi connectivity index (χ2n) is 13.4. The van der Waals surface area contributed by atoms with Crippen molar-refractivity contribution in [1.29, 1.82) is 0 Å². The van der Waals surface area contributed by atoms with Gasteiger partial charge in [-0.2, -0.15) is 0 Å². The molecule has 0 saturated heterocycles. The number of Topliss-reactive ketones (excluding diaryl/α,β-unsaturated/α-hetero) is 2. The summed E-state index contributed by atoms with van der Waals surface area (Å²) < 4.78 is 23.1. The summed E-state index contributed by atoms with van der Waals surface area (Å²) in [5.41, 5.74) is -1.31. The Bertz CT molecular complexity index is 1720. The number of benzene rings is 1. The summed E-state index contributed by atoms with van der Waals surface area (Å²) in [4.78, 5) is 66.2. The van der Waals surface area contributed by atoms with Gasteiger partial charge in [-0.15, -0.1) is 0 Å². The normalized spacial score (nSPS) is 33.8. The standard InChI is InChI=1S/C37H45NO12/c1-16-11-10-12-17(2)36(46)38-23-15-24(40)26-27(32(23)44)31(43)21(6)34-28(26)35(45)37(8,50-34)48-14-13-25(47-9)18(3)33(49-22(7)39)20(5)30(42)19(4)29(16)41/h10-16,18-20,25,29-30,33,41-43H,1-9H3,(H,38,46)/b11-10-,14-13?,17-12-/t16-,18+,19-,20+,25-,29-,30+,33+,37-/m0/s1. The summed E-state index contributed by atoms with van der Waals surface area (Å²) in [6.07, 6.45) is 4.31. The molecule has 50 heavy (non-hydrogen) atoms. The van der Waals surface area contributed by atoms with Crippen LogP contribution in [0.1, 0.15) is 85.1 Å². The molecule has 0 radical (unpaired) electrons. The van der Waals surface area contributed by atoms with E-state index in [1.165, 1.54) is 47.0 Å². The van der Waals surface area contributed by atoms with Gasteiger partial charge in [0.05, 0.1) is 47.0 Å². The molecule has 3 aliphatic heterocycles. The Balaban J connectivity index is 1.83. The highest BCUT2D eigenvalue weighted by atomic mass is 16.7. The molecule has 1 amide bonds. The third-order valence-electron chi connectivity index (χ3n) is 9.80. The number of phenols is 1. The number of esters is 1. The summed E-state index contributed by atoms with van der Waals surface area (Å²) in [5.74, 6) is -8.99. The highest BCUT2D eigenvalue weighted by Gasteiger charge is 2.51. The van der Waals surface area contributed by atoms with E-state index in [1.54, 1.807) is 39.8 Å². The van der Waals surface area contributed by atoms with E-state index in [9.17, 15) is 39.3 Å². The van der Waals surface area contributed by atoms with Crippen molar-refractivity contribution in [2.75, 3.05) is 7.11 Å². The molecule has 0 fully saturated rings.